The van der Waals surface area contributed by atoms with Gasteiger partial charge in [-0.1, -0.05) is 18.2 Å². The highest BCUT2D eigenvalue weighted by Gasteiger charge is 2.19. The van der Waals surface area contributed by atoms with Crippen molar-refractivity contribution < 1.29 is 17.9 Å². The van der Waals surface area contributed by atoms with Crippen LogP contribution < -0.4 is 9.64 Å². The molecule has 4 aromatic heterocycles. The standard InChI is InChI=1S/C19H20N4O3S.C18H20N4OS/c1-11-9-21-16(12(2)17(11)25-3)10-27(24)19-22-14-5-4-13(8-15(14)23-19)18-20-6-7-26-18;1-14-8-9-19-12-17(14)22-11-10-20-18(22)24(23)13-15-6-4-5-7-16(15)21(2)3/h4-5,8-9H,6-7,10H2,1-3H3,(H,22,23);4-12H,13H2,1-3H3. The van der Waals surface area contributed by atoms with Crippen LogP contribution in [-0.2, 0) is 37.8 Å². The van der Waals surface area contributed by atoms with Crippen LogP contribution in [0.4, 0.5) is 5.69 Å². The molecule has 2 aromatic carbocycles. The maximum absolute atomic E-state index is 12.9. The highest BCUT2D eigenvalue weighted by atomic mass is 32.2. The van der Waals surface area contributed by atoms with Crippen molar-refractivity contribution in [1.29, 1.82) is 0 Å². The number of ether oxygens (including phenoxy) is 2. The summed E-state index contributed by atoms with van der Waals surface area (Å²) in [6, 6.07) is 15.6. The van der Waals surface area contributed by atoms with Gasteiger partial charge in [-0.15, -0.1) is 0 Å². The second-order valence-electron chi connectivity index (χ2n) is 12.1. The fourth-order valence-corrected chi connectivity index (χ4v) is 8.08. The van der Waals surface area contributed by atoms with Gasteiger partial charge in [0.25, 0.3) is 0 Å². The largest absolute Gasteiger partial charge is 0.496 e. The number of aromatic nitrogens is 6. The van der Waals surface area contributed by atoms with Gasteiger partial charge in [0.2, 0.25) is 11.1 Å². The van der Waals surface area contributed by atoms with E-state index in [2.05, 4.69) is 29.9 Å². The minimum absolute atomic E-state index is 0.269. The van der Waals surface area contributed by atoms with Crippen molar-refractivity contribution >= 4 is 44.2 Å². The first-order valence-corrected chi connectivity index (χ1v) is 18.9. The van der Waals surface area contributed by atoms with Crippen LogP contribution in [0.15, 0.2) is 94.8 Å². The number of aryl methyl sites for hydroxylation is 2. The lowest BCUT2D eigenvalue weighted by Crippen LogP contribution is -2.13. The highest BCUT2D eigenvalue weighted by molar-refractivity contribution is 7.84. The van der Waals surface area contributed by atoms with Gasteiger partial charge >= 0.3 is 0 Å². The molecular weight excluding hydrogens is 685 g/mol. The third kappa shape index (κ3) is 7.92. The van der Waals surface area contributed by atoms with E-state index in [0.717, 1.165) is 61.7 Å². The molecule has 1 aliphatic rings. The summed E-state index contributed by atoms with van der Waals surface area (Å²) in [7, 11) is 3.00. The molecule has 12 nitrogen and oxygen atoms in total. The van der Waals surface area contributed by atoms with Crippen LogP contribution in [0.2, 0.25) is 0 Å². The molecule has 51 heavy (non-hydrogen) atoms. The van der Waals surface area contributed by atoms with Crippen LogP contribution in [0, 0.1) is 20.8 Å². The summed E-state index contributed by atoms with van der Waals surface area (Å²) in [5, 5.41) is 0.969. The monoisotopic (exact) mass is 724 g/mol. The lowest BCUT2D eigenvalue weighted by atomic mass is 10.1. The fourth-order valence-electron chi connectivity index (χ4n) is 5.77. The Morgan fingerprint density at radius 1 is 0.961 bits per heavy atom. The number of nitrogens with one attached hydrogen (secondary N) is 1. The maximum Gasteiger partial charge on any atom is 0.216 e. The van der Waals surface area contributed by atoms with Gasteiger partial charge in [0.1, 0.15) is 12.4 Å². The number of hydrogen-bond acceptors (Lipinski definition) is 10. The summed E-state index contributed by atoms with van der Waals surface area (Å²) >= 11 is 0. The predicted molar refractivity (Wildman–Crippen MR) is 201 cm³/mol. The van der Waals surface area contributed by atoms with Crippen LogP contribution in [0.25, 0.3) is 16.7 Å². The first-order chi connectivity index (χ1) is 24.6. The van der Waals surface area contributed by atoms with E-state index in [9.17, 15) is 8.42 Å². The smallest absolute Gasteiger partial charge is 0.216 e. The summed E-state index contributed by atoms with van der Waals surface area (Å²) in [6.45, 7) is 7.16. The number of benzene rings is 2. The zero-order valence-corrected chi connectivity index (χ0v) is 31.0. The van der Waals surface area contributed by atoms with Gasteiger partial charge in [-0.3, -0.25) is 23.0 Å². The molecule has 2 unspecified atom stereocenters. The first-order valence-electron chi connectivity index (χ1n) is 16.3. The summed E-state index contributed by atoms with van der Waals surface area (Å²) in [4.78, 5) is 26.9. The molecule has 2 atom stereocenters. The number of hydrogen-bond donors (Lipinski definition) is 1. The van der Waals surface area contributed by atoms with Gasteiger partial charge in [-0.05, 0) is 62.2 Å². The third-order valence-corrected chi connectivity index (χ3v) is 10.8. The van der Waals surface area contributed by atoms with Crippen LogP contribution in [-0.4, -0.2) is 78.2 Å². The number of nitrogens with zero attached hydrogens (tertiary/aromatic N) is 7. The van der Waals surface area contributed by atoms with Gasteiger partial charge in [0.05, 0.1) is 75.4 Å². The molecule has 0 radical (unpaired) electrons. The number of methoxy groups -OCH3 is 1. The van der Waals surface area contributed by atoms with E-state index < -0.39 is 21.6 Å². The van der Waals surface area contributed by atoms with Crippen LogP contribution in [0.3, 0.4) is 0 Å². The number of para-hydroxylation sites is 1. The fraction of sp³-hybridized carbons (Fsp3) is 0.270. The van der Waals surface area contributed by atoms with Crippen molar-refractivity contribution in [2.75, 3.05) is 39.3 Å². The van der Waals surface area contributed by atoms with Crippen molar-refractivity contribution in [1.82, 2.24) is 29.5 Å². The van der Waals surface area contributed by atoms with Crippen molar-refractivity contribution in [2.24, 2.45) is 4.99 Å². The number of anilines is 1. The molecule has 0 saturated carbocycles. The Kier molecular flexibility index (Phi) is 11.0. The maximum atomic E-state index is 12.9. The third-order valence-electron chi connectivity index (χ3n) is 8.37. The molecule has 0 fully saturated rings. The number of pyridine rings is 2. The van der Waals surface area contributed by atoms with E-state index >= 15 is 0 Å². The SMILES string of the molecule is COc1c(C)cnc(CS(=O)c2nc3ccc(C4=NCCO4)cc3[nH]2)c1C.Cc1ccncc1-n1ccnc1S(=O)Cc1ccccc1N(C)C. The zero-order valence-electron chi connectivity index (χ0n) is 29.4. The van der Waals surface area contributed by atoms with Gasteiger partial charge in [0.15, 0.2) is 5.16 Å². The second kappa shape index (κ2) is 15.8. The van der Waals surface area contributed by atoms with Crippen LogP contribution >= 0.6 is 0 Å². The topological polar surface area (TPSA) is 140 Å². The Bertz CT molecular complexity index is 2260. The molecule has 1 aliphatic heterocycles. The van der Waals surface area contributed by atoms with E-state index in [1.165, 1.54) is 0 Å². The lowest BCUT2D eigenvalue weighted by molar-refractivity contribution is 0.348. The van der Waals surface area contributed by atoms with Gasteiger partial charge in [-0.25, -0.2) is 15.0 Å². The van der Waals surface area contributed by atoms with Gasteiger partial charge in [-0.2, -0.15) is 0 Å². The molecule has 7 rings (SSSR count). The molecule has 5 heterocycles. The second-order valence-corrected chi connectivity index (χ2v) is 14.8. The van der Waals surface area contributed by atoms with Crippen LogP contribution in [0.1, 0.15) is 33.5 Å². The van der Waals surface area contributed by atoms with Crippen molar-refractivity contribution in [3.05, 3.63) is 113 Å². The van der Waals surface area contributed by atoms with Crippen LogP contribution in [0.5, 0.6) is 5.75 Å². The Balaban J connectivity index is 0.000000177. The number of H-pyrrole nitrogens is 1. The molecule has 6 aromatic rings. The van der Waals surface area contributed by atoms with Gasteiger partial charge < -0.3 is 19.4 Å². The molecule has 1 N–H and O–H groups in total. The van der Waals surface area contributed by atoms with E-state index in [-0.39, 0.29) is 5.75 Å². The van der Waals surface area contributed by atoms with E-state index in [0.29, 0.717) is 35.1 Å². The quantitative estimate of drug-likeness (QED) is 0.191. The molecule has 0 amide bonds. The number of aromatic amines is 1. The Morgan fingerprint density at radius 3 is 2.53 bits per heavy atom. The lowest BCUT2D eigenvalue weighted by Gasteiger charge is -2.17. The van der Waals surface area contributed by atoms with Crippen molar-refractivity contribution in [3.63, 3.8) is 0 Å². The summed E-state index contributed by atoms with van der Waals surface area (Å²) in [6.07, 6.45) is 8.77. The molecule has 0 spiro atoms. The molecule has 264 valence electrons. The van der Waals surface area contributed by atoms with Crippen molar-refractivity contribution in [2.45, 2.75) is 42.6 Å². The number of rotatable bonds is 10. The molecular formula is C37H40N8O4S2. The Hall–Kier alpha value is -5.21. The number of aliphatic imine (C=N–C) groups is 1. The Morgan fingerprint density at radius 2 is 1.78 bits per heavy atom. The minimum Gasteiger partial charge on any atom is -0.496 e. The Labute approximate surface area is 301 Å². The predicted octanol–water partition coefficient (Wildman–Crippen LogP) is 5.62. The summed E-state index contributed by atoms with van der Waals surface area (Å²) < 4.78 is 38.6. The zero-order chi connectivity index (χ0) is 36.1. The average molecular weight is 725 g/mol. The molecule has 0 bridgehead atoms. The normalized spacial score (nSPS) is 13.6. The average Bonchev–Trinajstić information content (AvgIpc) is 3.92. The van der Waals surface area contributed by atoms with Gasteiger partial charge in [0, 0.05) is 61.3 Å². The van der Waals surface area contributed by atoms with Crippen molar-refractivity contribution in [3.8, 4) is 11.4 Å². The first kappa shape index (κ1) is 35.6. The van der Waals surface area contributed by atoms with E-state index in [1.807, 2.05) is 99.1 Å². The summed E-state index contributed by atoms with van der Waals surface area (Å²) in [5.41, 5.74) is 9.13. The summed E-state index contributed by atoms with van der Waals surface area (Å²) in [5.74, 6) is 2.11. The van der Waals surface area contributed by atoms with E-state index in [1.54, 1.807) is 31.9 Å². The molecule has 0 aliphatic carbocycles. The number of fused-ring (bicyclic) bond motifs is 1. The highest BCUT2D eigenvalue weighted by Crippen LogP contribution is 2.27. The number of imidazole rings is 2. The molecule has 0 saturated heterocycles. The molecule has 14 heteroatoms. The van der Waals surface area contributed by atoms with E-state index in [4.69, 9.17) is 9.47 Å². The minimum atomic E-state index is -1.35.